The molecule has 0 saturated heterocycles. The topological polar surface area (TPSA) is 95.4 Å². The number of pyridine rings is 1. The highest BCUT2D eigenvalue weighted by Gasteiger charge is 2.07. The quantitative estimate of drug-likeness (QED) is 0.768. The summed E-state index contributed by atoms with van der Waals surface area (Å²) in [5, 5.41) is 17.4. The van der Waals surface area contributed by atoms with E-state index >= 15 is 0 Å². The van der Waals surface area contributed by atoms with Crippen LogP contribution in [-0.4, -0.2) is 30.2 Å². The van der Waals surface area contributed by atoms with Gasteiger partial charge >= 0.3 is 0 Å². The zero-order valence-corrected chi connectivity index (χ0v) is 12.4. The van der Waals surface area contributed by atoms with Gasteiger partial charge in [0.05, 0.1) is 11.9 Å². The van der Waals surface area contributed by atoms with Crippen LogP contribution < -0.4 is 5.73 Å². The summed E-state index contributed by atoms with van der Waals surface area (Å²) in [6.45, 7) is 2.79. The average Bonchev–Trinajstić information content (AvgIpc) is 3.14. The second-order valence-electron chi connectivity index (χ2n) is 4.56. The molecule has 0 fully saturated rings. The average molecular weight is 301 g/mol. The minimum absolute atomic E-state index is 0.490. The molecule has 3 heterocycles. The fraction of sp³-hybridized carbons (Fsp3) is 0.308. The molecule has 0 aromatic carbocycles. The summed E-state index contributed by atoms with van der Waals surface area (Å²) in [4.78, 5) is 4.40. The maximum Gasteiger partial charge on any atom is 0.203 e. The third-order valence-electron chi connectivity index (χ3n) is 3.07. The first-order valence-corrected chi connectivity index (χ1v) is 7.49. The van der Waals surface area contributed by atoms with Crippen LogP contribution in [0.15, 0.2) is 24.5 Å². The highest BCUT2D eigenvalue weighted by molar-refractivity contribution is 7.15. The molecule has 0 aliphatic rings. The summed E-state index contributed by atoms with van der Waals surface area (Å²) >= 11 is 1.40. The van der Waals surface area contributed by atoms with Gasteiger partial charge in [0, 0.05) is 19.2 Å². The van der Waals surface area contributed by atoms with Crippen LogP contribution in [0.1, 0.15) is 17.5 Å². The summed E-state index contributed by atoms with van der Waals surface area (Å²) in [6, 6.07) is 4.03. The number of aromatic nitrogens is 6. The minimum atomic E-state index is 0.490. The summed E-state index contributed by atoms with van der Waals surface area (Å²) in [6.07, 6.45) is 5.47. The van der Waals surface area contributed by atoms with Crippen molar-refractivity contribution in [2.24, 2.45) is 0 Å². The first kappa shape index (κ1) is 13.6. The summed E-state index contributed by atoms with van der Waals surface area (Å²) in [7, 11) is 0. The number of hydrogen-bond donors (Lipinski definition) is 1. The Morgan fingerprint density at radius 2 is 2.10 bits per heavy atom. The summed E-state index contributed by atoms with van der Waals surface area (Å²) in [5.74, 6) is 0. The van der Waals surface area contributed by atoms with Gasteiger partial charge < -0.3 is 5.73 Å². The fourth-order valence-electron chi connectivity index (χ4n) is 1.89. The molecule has 0 aliphatic heterocycles. The van der Waals surface area contributed by atoms with E-state index in [1.165, 1.54) is 16.9 Å². The Labute approximate surface area is 125 Å². The SMILES string of the molecule is CCc1ccc(-c2cn(CCc3nnc(N)s3)nn2)nc1. The van der Waals surface area contributed by atoms with E-state index in [0.717, 1.165) is 29.2 Å². The van der Waals surface area contributed by atoms with Crippen LogP contribution in [0.4, 0.5) is 5.13 Å². The largest absolute Gasteiger partial charge is 0.374 e. The molecule has 108 valence electrons. The standard InChI is InChI=1S/C13H15N7S/c1-2-9-3-4-10(15-7-9)11-8-20(19-16-11)6-5-12-17-18-13(14)21-12/h3-4,7-8H,2,5-6H2,1H3,(H2,14,18). The minimum Gasteiger partial charge on any atom is -0.374 e. The Morgan fingerprint density at radius 1 is 1.19 bits per heavy atom. The molecule has 0 saturated carbocycles. The maximum absolute atomic E-state index is 5.55. The van der Waals surface area contributed by atoms with E-state index < -0.39 is 0 Å². The normalized spacial score (nSPS) is 10.9. The van der Waals surface area contributed by atoms with Gasteiger partial charge in [-0.1, -0.05) is 29.5 Å². The molecular weight excluding hydrogens is 286 g/mol. The van der Waals surface area contributed by atoms with Crippen LogP contribution in [0.5, 0.6) is 0 Å². The lowest BCUT2D eigenvalue weighted by atomic mass is 10.2. The first-order valence-electron chi connectivity index (χ1n) is 6.68. The molecule has 0 radical (unpaired) electrons. The number of nitrogens with two attached hydrogens (primary N) is 1. The van der Waals surface area contributed by atoms with Crippen LogP contribution >= 0.6 is 11.3 Å². The second kappa shape index (κ2) is 5.96. The summed E-state index contributed by atoms with van der Waals surface area (Å²) in [5.41, 5.74) is 8.37. The van der Waals surface area contributed by atoms with Crippen molar-refractivity contribution in [1.29, 1.82) is 0 Å². The number of anilines is 1. The van der Waals surface area contributed by atoms with E-state index in [2.05, 4.69) is 38.5 Å². The molecule has 0 amide bonds. The number of nitrogen functional groups attached to an aromatic ring is 1. The Morgan fingerprint density at radius 3 is 2.76 bits per heavy atom. The predicted molar refractivity (Wildman–Crippen MR) is 80.7 cm³/mol. The lowest BCUT2D eigenvalue weighted by Gasteiger charge is -1.98. The molecule has 0 aliphatic carbocycles. The van der Waals surface area contributed by atoms with Crippen LogP contribution in [-0.2, 0) is 19.4 Å². The first-order chi connectivity index (χ1) is 10.2. The molecule has 7 nitrogen and oxygen atoms in total. The molecule has 3 rings (SSSR count). The van der Waals surface area contributed by atoms with E-state index in [4.69, 9.17) is 5.73 Å². The van der Waals surface area contributed by atoms with Crippen molar-refractivity contribution >= 4 is 16.5 Å². The van der Waals surface area contributed by atoms with Crippen LogP contribution in [0, 0.1) is 0 Å². The van der Waals surface area contributed by atoms with Crippen molar-refractivity contribution in [3.63, 3.8) is 0 Å². The van der Waals surface area contributed by atoms with E-state index in [1.807, 2.05) is 18.5 Å². The van der Waals surface area contributed by atoms with Gasteiger partial charge in [-0.3, -0.25) is 9.67 Å². The maximum atomic E-state index is 5.55. The fourth-order valence-corrected chi connectivity index (χ4v) is 2.49. The zero-order chi connectivity index (χ0) is 14.7. The highest BCUT2D eigenvalue weighted by atomic mass is 32.1. The molecule has 21 heavy (non-hydrogen) atoms. The van der Waals surface area contributed by atoms with Gasteiger partial charge in [0.15, 0.2) is 0 Å². The molecule has 0 unspecified atom stereocenters. The monoisotopic (exact) mass is 301 g/mol. The Balaban J connectivity index is 1.67. The van der Waals surface area contributed by atoms with E-state index in [0.29, 0.717) is 11.7 Å². The van der Waals surface area contributed by atoms with E-state index in [-0.39, 0.29) is 0 Å². The molecule has 3 aromatic rings. The van der Waals surface area contributed by atoms with Gasteiger partial charge in [0.25, 0.3) is 0 Å². The van der Waals surface area contributed by atoms with Gasteiger partial charge in [0.1, 0.15) is 10.7 Å². The lowest BCUT2D eigenvalue weighted by Crippen LogP contribution is -2.01. The van der Waals surface area contributed by atoms with Gasteiger partial charge in [-0.05, 0) is 18.1 Å². The zero-order valence-electron chi connectivity index (χ0n) is 11.6. The van der Waals surface area contributed by atoms with Gasteiger partial charge in [0.2, 0.25) is 5.13 Å². The van der Waals surface area contributed by atoms with Crippen molar-refractivity contribution < 1.29 is 0 Å². The van der Waals surface area contributed by atoms with Crippen LogP contribution in [0.25, 0.3) is 11.4 Å². The third kappa shape index (κ3) is 3.22. The Hall–Kier alpha value is -2.35. The molecule has 8 heteroatoms. The van der Waals surface area contributed by atoms with Crippen molar-refractivity contribution in [2.75, 3.05) is 5.73 Å². The molecule has 0 atom stereocenters. The van der Waals surface area contributed by atoms with Gasteiger partial charge in [-0.2, -0.15) is 0 Å². The molecular formula is C13H15N7S. The highest BCUT2D eigenvalue weighted by Crippen LogP contribution is 2.15. The number of rotatable bonds is 5. The van der Waals surface area contributed by atoms with Crippen LogP contribution in [0.2, 0.25) is 0 Å². The molecule has 0 spiro atoms. The van der Waals surface area contributed by atoms with Crippen molar-refractivity contribution in [2.45, 2.75) is 26.3 Å². The smallest absolute Gasteiger partial charge is 0.203 e. The summed E-state index contributed by atoms with van der Waals surface area (Å²) < 4.78 is 1.78. The van der Waals surface area contributed by atoms with E-state index in [1.54, 1.807) is 4.68 Å². The second-order valence-corrected chi connectivity index (χ2v) is 5.65. The molecule has 0 bridgehead atoms. The van der Waals surface area contributed by atoms with Crippen molar-refractivity contribution in [1.82, 2.24) is 30.2 Å². The van der Waals surface area contributed by atoms with Crippen molar-refractivity contribution in [3.8, 4) is 11.4 Å². The third-order valence-corrected chi connectivity index (χ3v) is 3.88. The Kier molecular flexibility index (Phi) is 3.87. The Bertz CT molecular complexity index is 716. The van der Waals surface area contributed by atoms with Gasteiger partial charge in [-0.15, -0.1) is 15.3 Å². The van der Waals surface area contributed by atoms with Crippen molar-refractivity contribution in [3.05, 3.63) is 35.1 Å². The lowest BCUT2D eigenvalue weighted by molar-refractivity contribution is 0.586. The number of nitrogens with zero attached hydrogens (tertiary/aromatic N) is 6. The van der Waals surface area contributed by atoms with Gasteiger partial charge in [-0.25, -0.2) is 0 Å². The number of hydrogen-bond acceptors (Lipinski definition) is 7. The molecule has 2 N–H and O–H groups in total. The number of aryl methyl sites for hydroxylation is 3. The van der Waals surface area contributed by atoms with E-state index in [9.17, 15) is 0 Å². The van der Waals surface area contributed by atoms with Crippen LogP contribution in [0.3, 0.4) is 0 Å². The molecule has 3 aromatic heterocycles. The predicted octanol–water partition coefficient (Wildman–Crippen LogP) is 1.58.